The van der Waals surface area contributed by atoms with E-state index in [0.717, 1.165) is 17.9 Å². The Morgan fingerprint density at radius 3 is 2.78 bits per heavy atom. The quantitative estimate of drug-likeness (QED) is 0.782. The van der Waals surface area contributed by atoms with Crippen LogP contribution in [0.2, 0.25) is 0 Å². The Hall–Kier alpha value is -1.86. The van der Waals surface area contributed by atoms with Gasteiger partial charge >= 0.3 is 0 Å². The van der Waals surface area contributed by atoms with Gasteiger partial charge in [-0.3, -0.25) is 4.79 Å². The van der Waals surface area contributed by atoms with Gasteiger partial charge in [0.1, 0.15) is 5.75 Å². The van der Waals surface area contributed by atoms with E-state index in [2.05, 4.69) is 15.6 Å². The molecule has 148 valence electrons. The Bertz CT molecular complexity index is 735. The lowest BCUT2D eigenvalue weighted by Crippen LogP contribution is -2.43. The molecule has 1 fully saturated rings. The molecule has 2 aromatic rings. The lowest BCUT2D eigenvalue weighted by molar-refractivity contribution is -0.117. The number of rotatable bonds is 5. The van der Waals surface area contributed by atoms with Crippen LogP contribution in [-0.2, 0) is 9.53 Å². The third kappa shape index (κ3) is 6.66. The highest BCUT2D eigenvalue weighted by Gasteiger charge is 2.17. The number of anilines is 1. The maximum Gasteiger partial charge on any atom is 0.226 e. The van der Waals surface area contributed by atoms with Gasteiger partial charge in [0.05, 0.1) is 25.1 Å². The maximum absolute atomic E-state index is 12.1. The zero-order valence-electron chi connectivity index (χ0n) is 15.4. The number of halogens is 2. The Balaban J connectivity index is 0.00000182. The first-order chi connectivity index (χ1) is 12.1. The van der Waals surface area contributed by atoms with E-state index in [-0.39, 0.29) is 36.8 Å². The third-order valence-electron chi connectivity index (χ3n) is 4.22. The molecule has 1 atom stereocenters. The number of carbonyl (C=O) groups is 1. The van der Waals surface area contributed by atoms with Crippen molar-refractivity contribution in [3.63, 3.8) is 0 Å². The van der Waals surface area contributed by atoms with Crippen LogP contribution in [0, 0.1) is 13.8 Å². The molecule has 0 aliphatic carbocycles. The molecule has 0 saturated carbocycles. The van der Waals surface area contributed by atoms with Crippen molar-refractivity contribution in [2.75, 3.05) is 25.1 Å². The third-order valence-corrected chi connectivity index (χ3v) is 4.22. The maximum atomic E-state index is 12.1. The van der Waals surface area contributed by atoms with Crippen LogP contribution in [0.3, 0.4) is 0 Å². The summed E-state index contributed by atoms with van der Waals surface area (Å²) in [5.74, 6) is 1.22. The van der Waals surface area contributed by atoms with Crippen LogP contribution in [0.1, 0.15) is 17.5 Å². The van der Waals surface area contributed by atoms with Crippen LogP contribution in [0.25, 0.3) is 0 Å². The second-order valence-corrected chi connectivity index (χ2v) is 6.16. The first kappa shape index (κ1) is 23.2. The molecule has 2 N–H and O–H groups in total. The number of aryl methyl sites for hydroxylation is 1. The summed E-state index contributed by atoms with van der Waals surface area (Å²) in [7, 11) is 0. The highest BCUT2D eigenvalue weighted by atomic mass is 35.5. The van der Waals surface area contributed by atoms with Gasteiger partial charge in [0.15, 0.2) is 0 Å². The summed E-state index contributed by atoms with van der Waals surface area (Å²) in [6, 6.07) is 9.51. The predicted octanol–water partition coefficient (Wildman–Crippen LogP) is 3.65. The molecule has 2 heterocycles. The summed E-state index contributed by atoms with van der Waals surface area (Å²) >= 11 is 0. The molecule has 1 saturated heterocycles. The van der Waals surface area contributed by atoms with Gasteiger partial charge in [-0.25, -0.2) is 4.98 Å². The lowest BCUT2D eigenvalue weighted by atomic mass is 10.1. The number of hydrogen-bond donors (Lipinski definition) is 2. The summed E-state index contributed by atoms with van der Waals surface area (Å²) < 4.78 is 11.2. The van der Waals surface area contributed by atoms with Crippen molar-refractivity contribution >= 4 is 36.4 Å². The molecule has 1 aliphatic rings. The van der Waals surface area contributed by atoms with Crippen LogP contribution < -0.4 is 15.4 Å². The number of aromatic nitrogens is 1. The number of nitrogens with zero attached hydrogens (tertiary/aromatic N) is 1. The molecule has 0 radical (unpaired) electrons. The fourth-order valence-electron chi connectivity index (χ4n) is 2.65. The smallest absolute Gasteiger partial charge is 0.226 e. The number of pyridine rings is 1. The molecule has 6 nitrogen and oxygen atoms in total. The molecule has 1 aromatic heterocycles. The highest BCUT2D eigenvalue weighted by molar-refractivity contribution is 5.91. The normalized spacial score (nSPS) is 15.9. The summed E-state index contributed by atoms with van der Waals surface area (Å²) in [5, 5.41) is 6.11. The first-order valence-corrected chi connectivity index (χ1v) is 8.43. The Kier molecular flexibility index (Phi) is 9.52. The van der Waals surface area contributed by atoms with Crippen LogP contribution in [0.15, 0.2) is 36.5 Å². The minimum Gasteiger partial charge on any atom is -0.439 e. The SMILES string of the molecule is Cc1cccc(Oc2ccc(NC(=O)CC3COCCN3)cn2)c1C.Cl.Cl. The van der Waals surface area contributed by atoms with Crippen molar-refractivity contribution in [3.8, 4) is 11.6 Å². The fraction of sp³-hybridized carbons (Fsp3) is 0.368. The fourth-order valence-corrected chi connectivity index (χ4v) is 2.65. The van der Waals surface area contributed by atoms with E-state index in [1.165, 1.54) is 5.56 Å². The minimum absolute atomic E-state index is 0. The van der Waals surface area contributed by atoms with Crippen molar-refractivity contribution in [2.24, 2.45) is 0 Å². The zero-order chi connectivity index (χ0) is 17.6. The van der Waals surface area contributed by atoms with E-state index in [4.69, 9.17) is 9.47 Å². The van der Waals surface area contributed by atoms with Gasteiger partial charge in [-0.05, 0) is 37.1 Å². The van der Waals surface area contributed by atoms with Gasteiger partial charge in [0.25, 0.3) is 0 Å². The zero-order valence-corrected chi connectivity index (χ0v) is 17.0. The van der Waals surface area contributed by atoms with Gasteiger partial charge in [-0.1, -0.05) is 12.1 Å². The van der Waals surface area contributed by atoms with Crippen molar-refractivity contribution in [2.45, 2.75) is 26.3 Å². The summed E-state index contributed by atoms with van der Waals surface area (Å²) in [6.45, 7) is 6.10. The lowest BCUT2D eigenvalue weighted by Gasteiger charge is -2.23. The van der Waals surface area contributed by atoms with E-state index in [1.54, 1.807) is 18.3 Å². The molecule has 0 spiro atoms. The molecule has 3 rings (SSSR count). The second-order valence-electron chi connectivity index (χ2n) is 6.16. The molecule has 0 bridgehead atoms. The summed E-state index contributed by atoms with van der Waals surface area (Å²) in [5.41, 5.74) is 2.90. The molecule has 27 heavy (non-hydrogen) atoms. The number of hydrogen-bond acceptors (Lipinski definition) is 5. The summed E-state index contributed by atoms with van der Waals surface area (Å²) in [4.78, 5) is 16.3. The predicted molar refractivity (Wildman–Crippen MR) is 111 cm³/mol. The van der Waals surface area contributed by atoms with Crippen molar-refractivity contribution < 1.29 is 14.3 Å². The van der Waals surface area contributed by atoms with Gasteiger partial charge in [0.2, 0.25) is 11.8 Å². The van der Waals surface area contributed by atoms with Crippen LogP contribution in [0.4, 0.5) is 5.69 Å². The highest BCUT2D eigenvalue weighted by Crippen LogP contribution is 2.26. The van der Waals surface area contributed by atoms with Gasteiger partial charge < -0.3 is 20.1 Å². The standard InChI is InChI=1S/C19H23N3O3.2ClH/c1-13-4-3-5-17(14(13)2)25-19-7-6-15(11-21-19)22-18(23)10-16-12-24-9-8-20-16;;/h3-7,11,16,20H,8-10,12H2,1-2H3,(H,22,23);2*1H. The van der Waals surface area contributed by atoms with E-state index < -0.39 is 0 Å². The molecule has 1 unspecified atom stereocenters. The second kappa shape index (κ2) is 11.1. The molecule has 1 amide bonds. The average Bonchev–Trinajstić information content (AvgIpc) is 2.61. The molecule has 8 heteroatoms. The Morgan fingerprint density at radius 1 is 1.30 bits per heavy atom. The molecular weight excluding hydrogens is 389 g/mol. The van der Waals surface area contributed by atoms with Crippen LogP contribution >= 0.6 is 24.8 Å². The van der Waals surface area contributed by atoms with E-state index in [0.29, 0.717) is 31.2 Å². The topological polar surface area (TPSA) is 72.5 Å². The largest absolute Gasteiger partial charge is 0.439 e. The van der Waals surface area contributed by atoms with Crippen molar-refractivity contribution in [1.29, 1.82) is 0 Å². The number of nitrogens with one attached hydrogen (secondary N) is 2. The number of carbonyl (C=O) groups excluding carboxylic acids is 1. The van der Waals surface area contributed by atoms with E-state index in [1.807, 2.05) is 32.0 Å². The number of benzene rings is 1. The van der Waals surface area contributed by atoms with Gasteiger partial charge in [-0.2, -0.15) is 0 Å². The number of morpholine rings is 1. The van der Waals surface area contributed by atoms with Gasteiger partial charge in [-0.15, -0.1) is 24.8 Å². The number of amides is 1. The van der Waals surface area contributed by atoms with Crippen molar-refractivity contribution in [3.05, 3.63) is 47.7 Å². The van der Waals surface area contributed by atoms with Gasteiger partial charge in [0, 0.05) is 25.1 Å². The molecule has 1 aliphatic heterocycles. The molecular formula is C19H25Cl2N3O3. The number of ether oxygens (including phenoxy) is 2. The first-order valence-electron chi connectivity index (χ1n) is 8.43. The van der Waals surface area contributed by atoms with Crippen molar-refractivity contribution in [1.82, 2.24) is 10.3 Å². The van der Waals surface area contributed by atoms with Crippen LogP contribution in [-0.4, -0.2) is 36.7 Å². The minimum atomic E-state index is -0.0620. The summed E-state index contributed by atoms with van der Waals surface area (Å²) in [6.07, 6.45) is 1.98. The Labute approximate surface area is 171 Å². The van der Waals surface area contributed by atoms with E-state index in [9.17, 15) is 4.79 Å². The van der Waals surface area contributed by atoms with Crippen LogP contribution in [0.5, 0.6) is 11.6 Å². The van der Waals surface area contributed by atoms with E-state index >= 15 is 0 Å². The Morgan fingerprint density at radius 2 is 2.11 bits per heavy atom. The average molecular weight is 414 g/mol. The molecule has 1 aromatic carbocycles. The monoisotopic (exact) mass is 413 g/mol.